The van der Waals surface area contributed by atoms with Crippen molar-refractivity contribution in [3.8, 4) is 0 Å². The van der Waals surface area contributed by atoms with Gasteiger partial charge in [0.2, 0.25) is 5.95 Å². The van der Waals surface area contributed by atoms with Crippen molar-refractivity contribution in [1.82, 2.24) is 14.9 Å². The molecule has 1 aromatic rings. The highest BCUT2D eigenvalue weighted by Crippen LogP contribution is 2.12. The Bertz CT molecular complexity index is 503. The summed E-state index contributed by atoms with van der Waals surface area (Å²) in [6.07, 6.45) is 4.16. The van der Waals surface area contributed by atoms with Crippen LogP contribution in [0.5, 0.6) is 0 Å². The van der Waals surface area contributed by atoms with Crippen LogP contribution in [0.4, 0.5) is 5.95 Å². The number of hydrogen-bond acceptors (Lipinski definition) is 4. The third-order valence-corrected chi connectivity index (χ3v) is 4.20. The molecule has 0 bridgehead atoms. The average molecular weight is 292 g/mol. The molecular formula is C16H28N4O. The van der Waals surface area contributed by atoms with E-state index in [4.69, 9.17) is 0 Å². The van der Waals surface area contributed by atoms with E-state index in [1.165, 1.54) is 6.42 Å². The molecule has 0 radical (unpaired) electrons. The molecule has 0 unspecified atom stereocenters. The number of nitrogens with zero attached hydrogens (tertiary/aromatic N) is 3. The lowest BCUT2D eigenvalue weighted by molar-refractivity contribution is 0.257. The van der Waals surface area contributed by atoms with Crippen molar-refractivity contribution in [2.45, 2.75) is 46.5 Å². The van der Waals surface area contributed by atoms with Crippen molar-refractivity contribution in [2.24, 2.45) is 0 Å². The molecule has 2 rings (SSSR count). The minimum absolute atomic E-state index is 0.0435. The van der Waals surface area contributed by atoms with Gasteiger partial charge in [-0.05, 0) is 32.7 Å². The van der Waals surface area contributed by atoms with Gasteiger partial charge in [-0.15, -0.1) is 0 Å². The lowest BCUT2D eigenvalue weighted by atomic mass is 10.1. The monoisotopic (exact) mass is 292 g/mol. The minimum Gasteiger partial charge on any atom is -0.340 e. The van der Waals surface area contributed by atoms with E-state index < -0.39 is 0 Å². The summed E-state index contributed by atoms with van der Waals surface area (Å²) >= 11 is 0. The van der Waals surface area contributed by atoms with Crippen molar-refractivity contribution in [1.29, 1.82) is 0 Å². The van der Waals surface area contributed by atoms with Crippen LogP contribution in [0.15, 0.2) is 4.79 Å². The number of aryl methyl sites for hydroxylation is 1. The largest absolute Gasteiger partial charge is 0.340 e. The Morgan fingerprint density at radius 1 is 1.14 bits per heavy atom. The number of piperazine rings is 1. The van der Waals surface area contributed by atoms with Gasteiger partial charge in [0.15, 0.2) is 0 Å². The fourth-order valence-corrected chi connectivity index (χ4v) is 2.89. The molecule has 0 atom stereocenters. The van der Waals surface area contributed by atoms with Gasteiger partial charge < -0.3 is 4.90 Å². The molecule has 1 aliphatic rings. The first-order valence-corrected chi connectivity index (χ1v) is 8.22. The first kappa shape index (κ1) is 16.0. The van der Waals surface area contributed by atoms with Crippen LogP contribution in [0.25, 0.3) is 0 Å². The summed E-state index contributed by atoms with van der Waals surface area (Å²) < 4.78 is 0. The number of aromatic amines is 1. The van der Waals surface area contributed by atoms with E-state index in [1.54, 1.807) is 0 Å². The zero-order valence-electron chi connectivity index (χ0n) is 13.6. The highest BCUT2D eigenvalue weighted by atomic mass is 16.1. The summed E-state index contributed by atoms with van der Waals surface area (Å²) in [6, 6.07) is 0. The molecule has 1 fully saturated rings. The van der Waals surface area contributed by atoms with Gasteiger partial charge in [-0.1, -0.05) is 20.3 Å². The highest BCUT2D eigenvalue weighted by molar-refractivity contribution is 5.33. The lowest BCUT2D eigenvalue weighted by Gasteiger charge is -2.34. The highest BCUT2D eigenvalue weighted by Gasteiger charge is 2.19. The molecule has 0 aromatic carbocycles. The van der Waals surface area contributed by atoms with Crippen LogP contribution in [0.1, 0.15) is 44.4 Å². The molecule has 1 saturated heterocycles. The molecule has 5 nitrogen and oxygen atoms in total. The smallest absolute Gasteiger partial charge is 0.255 e. The fraction of sp³-hybridized carbons (Fsp3) is 0.750. The molecule has 1 aromatic heterocycles. The summed E-state index contributed by atoms with van der Waals surface area (Å²) in [5.41, 5.74) is 1.78. The topological polar surface area (TPSA) is 52.2 Å². The Labute approximate surface area is 127 Å². The van der Waals surface area contributed by atoms with Crippen molar-refractivity contribution in [3.05, 3.63) is 21.6 Å². The van der Waals surface area contributed by atoms with Crippen LogP contribution in [0.2, 0.25) is 0 Å². The van der Waals surface area contributed by atoms with Gasteiger partial charge in [-0.3, -0.25) is 14.7 Å². The first-order chi connectivity index (χ1) is 10.2. The Hall–Kier alpha value is -1.36. The number of unbranched alkanes of at least 4 members (excludes halogenated alkanes) is 1. The zero-order valence-corrected chi connectivity index (χ0v) is 13.6. The van der Waals surface area contributed by atoms with Crippen LogP contribution in [0, 0.1) is 6.92 Å². The van der Waals surface area contributed by atoms with E-state index in [0.29, 0.717) is 0 Å². The van der Waals surface area contributed by atoms with Crippen molar-refractivity contribution < 1.29 is 0 Å². The molecule has 1 aliphatic heterocycles. The second-order valence-electron chi connectivity index (χ2n) is 5.89. The fourth-order valence-electron chi connectivity index (χ4n) is 2.89. The normalized spacial score (nSPS) is 16.4. The van der Waals surface area contributed by atoms with Crippen LogP contribution >= 0.6 is 0 Å². The Balaban J connectivity index is 2.06. The summed E-state index contributed by atoms with van der Waals surface area (Å²) in [5.74, 6) is 0.744. The molecule has 0 aliphatic carbocycles. The molecule has 118 valence electrons. The number of nitrogens with one attached hydrogen (secondary N) is 1. The van der Waals surface area contributed by atoms with E-state index in [9.17, 15) is 4.79 Å². The van der Waals surface area contributed by atoms with Gasteiger partial charge in [0.05, 0.1) is 0 Å². The van der Waals surface area contributed by atoms with Gasteiger partial charge in [0.1, 0.15) is 0 Å². The second kappa shape index (κ2) is 7.59. The first-order valence-electron chi connectivity index (χ1n) is 8.22. The molecule has 0 saturated carbocycles. The molecular weight excluding hydrogens is 264 g/mol. The number of H-pyrrole nitrogens is 1. The molecule has 21 heavy (non-hydrogen) atoms. The van der Waals surface area contributed by atoms with E-state index in [-0.39, 0.29) is 5.56 Å². The predicted molar refractivity (Wildman–Crippen MR) is 87.2 cm³/mol. The standard InChI is InChI=1S/C16H28N4O/c1-4-6-7-14-13(3)17-16(18-15(14)21)20-11-9-19(8-5-2)10-12-20/h4-12H2,1-3H3,(H,17,18,21). The van der Waals surface area contributed by atoms with Gasteiger partial charge in [-0.25, -0.2) is 4.98 Å². The summed E-state index contributed by atoms with van der Waals surface area (Å²) in [6.45, 7) is 11.4. The van der Waals surface area contributed by atoms with Crippen LogP contribution in [-0.2, 0) is 6.42 Å². The van der Waals surface area contributed by atoms with Gasteiger partial charge in [0.25, 0.3) is 5.56 Å². The molecule has 5 heteroatoms. The maximum atomic E-state index is 12.2. The summed E-state index contributed by atoms with van der Waals surface area (Å²) in [7, 11) is 0. The lowest BCUT2D eigenvalue weighted by Crippen LogP contribution is -2.47. The number of anilines is 1. The Morgan fingerprint density at radius 2 is 1.86 bits per heavy atom. The quantitative estimate of drug-likeness (QED) is 0.871. The van der Waals surface area contributed by atoms with Crippen molar-refractivity contribution in [2.75, 3.05) is 37.6 Å². The average Bonchev–Trinajstić information content (AvgIpc) is 2.47. The number of hydrogen-bond donors (Lipinski definition) is 1. The van der Waals surface area contributed by atoms with Gasteiger partial charge in [0, 0.05) is 37.4 Å². The maximum absolute atomic E-state index is 12.2. The number of rotatable bonds is 6. The summed E-state index contributed by atoms with van der Waals surface area (Å²) in [4.78, 5) is 24.5. The van der Waals surface area contributed by atoms with Crippen LogP contribution < -0.4 is 10.5 Å². The van der Waals surface area contributed by atoms with Crippen LogP contribution in [-0.4, -0.2) is 47.6 Å². The predicted octanol–water partition coefficient (Wildman–Crippen LogP) is 1.95. The third-order valence-electron chi connectivity index (χ3n) is 4.20. The van der Waals surface area contributed by atoms with E-state index in [0.717, 1.165) is 69.2 Å². The van der Waals surface area contributed by atoms with Crippen LogP contribution in [0.3, 0.4) is 0 Å². The molecule has 0 spiro atoms. The summed E-state index contributed by atoms with van der Waals surface area (Å²) in [5, 5.41) is 0. The maximum Gasteiger partial charge on any atom is 0.255 e. The minimum atomic E-state index is 0.0435. The third kappa shape index (κ3) is 4.06. The van der Waals surface area contributed by atoms with Gasteiger partial charge >= 0.3 is 0 Å². The van der Waals surface area contributed by atoms with E-state index in [2.05, 4.69) is 33.6 Å². The SMILES string of the molecule is CCCCc1c(C)nc(N2CCN(CCC)CC2)[nH]c1=O. The Morgan fingerprint density at radius 3 is 2.43 bits per heavy atom. The van der Waals surface area contributed by atoms with Crippen molar-refractivity contribution in [3.63, 3.8) is 0 Å². The number of aromatic nitrogens is 2. The van der Waals surface area contributed by atoms with Gasteiger partial charge in [-0.2, -0.15) is 0 Å². The van der Waals surface area contributed by atoms with Crippen molar-refractivity contribution >= 4 is 5.95 Å². The Kier molecular flexibility index (Phi) is 5.79. The second-order valence-corrected chi connectivity index (χ2v) is 5.89. The molecule has 1 N–H and O–H groups in total. The van der Waals surface area contributed by atoms with E-state index >= 15 is 0 Å². The molecule has 0 amide bonds. The zero-order chi connectivity index (χ0) is 15.2. The van der Waals surface area contributed by atoms with E-state index in [1.807, 2.05) is 6.92 Å². The molecule has 2 heterocycles.